The molecule has 33 heavy (non-hydrogen) atoms. The third kappa shape index (κ3) is 6.81. The summed E-state index contributed by atoms with van der Waals surface area (Å²) in [6, 6.07) is 3.59. The Bertz CT molecular complexity index is 994. The van der Waals surface area contributed by atoms with Crippen LogP contribution in [0.5, 0.6) is 5.75 Å². The molecule has 0 aliphatic carbocycles. The molecule has 0 radical (unpaired) electrons. The van der Waals surface area contributed by atoms with Crippen molar-refractivity contribution in [1.29, 1.82) is 0 Å². The van der Waals surface area contributed by atoms with Gasteiger partial charge in [0.25, 0.3) is 5.56 Å². The molecule has 3 heterocycles. The maximum absolute atomic E-state index is 13.1. The lowest BCUT2D eigenvalue weighted by Gasteiger charge is -2.35. The van der Waals surface area contributed by atoms with Gasteiger partial charge in [-0.25, -0.2) is 10.1 Å². The minimum Gasteiger partial charge on any atom is -0.486 e. The van der Waals surface area contributed by atoms with Gasteiger partial charge in [0.15, 0.2) is 11.3 Å². The monoisotopic (exact) mass is 489 g/mol. The van der Waals surface area contributed by atoms with E-state index in [-0.39, 0.29) is 25.5 Å². The van der Waals surface area contributed by atoms with Gasteiger partial charge in [0.2, 0.25) is 5.91 Å². The Kier molecular flexibility index (Phi) is 8.14. The van der Waals surface area contributed by atoms with E-state index in [1.165, 1.54) is 6.92 Å². The molecule has 1 atom stereocenters. The molecule has 1 saturated heterocycles. The molecule has 0 unspecified atom stereocenters. The number of amides is 1. The number of ether oxygens (including phenoxy) is 2. The molecule has 0 saturated carbocycles. The van der Waals surface area contributed by atoms with Gasteiger partial charge in [-0.15, -0.1) is 0 Å². The van der Waals surface area contributed by atoms with Gasteiger partial charge in [-0.3, -0.25) is 9.59 Å². The quantitative estimate of drug-likeness (QED) is 0.568. The number of halogens is 4. The van der Waals surface area contributed by atoms with Crippen LogP contribution in [-0.2, 0) is 15.7 Å². The molecule has 1 N–H and O–H groups in total. The molecule has 180 valence electrons. The molecular weight excluding hydrogens is 467 g/mol. The molecule has 2 aromatic rings. The van der Waals surface area contributed by atoms with E-state index in [4.69, 9.17) is 21.1 Å². The van der Waals surface area contributed by atoms with Crippen molar-refractivity contribution in [2.45, 2.75) is 25.6 Å². The largest absolute Gasteiger partial charge is 0.486 e. The lowest BCUT2D eigenvalue weighted by atomic mass is 10.2. The van der Waals surface area contributed by atoms with E-state index in [1.54, 1.807) is 22.3 Å². The minimum atomic E-state index is -4.88. The van der Waals surface area contributed by atoms with E-state index in [9.17, 15) is 22.8 Å². The normalized spacial score (nSPS) is 15.4. The number of aromatic nitrogens is 3. The number of hydrogen-bond acceptors (Lipinski definition) is 7. The molecule has 3 rings (SSSR count). The number of rotatable bonds is 8. The fraction of sp³-hybridized carbons (Fsp3) is 0.500. The zero-order valence-electron chi connectivity index (χ0n) is 17.8. The predicted molar refractivity (Wildman–Crippen MR) is 113 cm³/mol. The van der Waals surface area contributed by atoms with Crippen molar-refractivity contribution in [2.24, 2.45) is 0 Å². The van der Waals surface area contributed by atoms with E-state index in [0.29, 0.717) is 31.2 Å². The predicted octanol–water partition coefficient (Wildman–Crippen LogP) is 2.36. The Balaban J connectivity index is 1.39. The van der Waals surface area contributed by atoms with Gasteiger partial charge in [-0.2, -0.15) is 18.3 Å². The van der Waals surface area contributed by atoms with Crippen LogP contribution in [0, 0.1) is 0 Å². The summed E-state index contributed by atoms with van der Waals surface area (Å²) >= 11 is 5.85. The topological polar surface area (TPSA) is 101 Å². The third-order valence-electron chi connectivity index (χ3n) is 4.91. The van der Waals surface area contributed by atoms with Crippen LogP contribution in [0.1, 0.15) is 18.9 Å². The van der Waals surface area contributed by atoms with Crippen LogP contribution < -0.4 is 15.2 Å². The number of nitrogens with zero attached hydrogens (tertiary/aromatic N) is 4. The first-order valence-corrected chi connectivity index (χ1v) is 10.6. The van der Waals surface area contributed by atoms with E-state index in [2.05, 4.69) is 15.0 Å². The number of pyridine rings is 1. The fourth-order valence-electron chi connectivity index (χ4n) is 3.30. The van der Waals surface area contributed by atoms with Gasteiger partial charge in [0.05, 0.1) is 30.9 Å². The molecule has 9 nitrogen and oxygen atoms in total. The van der Waals surface area contributed by atoms with Gasteiger partial charge < -0.3 is 19.3 Å². The Labute approximate surface area is 192 Å². The number of anilines is 1. The lowest BCUT2D eigenvalue weighted by molar-refractivity contribution is -0.141. The van der Waals surface area contributed by atoms with Crippen LogP contribution in [0.15, 0.2) is 29.3 Å². The smallest absolute Gasteiger partial charge is 0.425 e. The number of aromatic amines is 1. The molecule has 2 aromatic heterocycles. The Morgan fingerprint density at radius 3 is 2.61 bits per heavy atom. The van der Waals surface area contributed by atoms with Gasteiger partial charge in [-0.05, 0) is 19.1 Å². The van der Waals surface area contributed by atoms with E-state index in [1.807, 2.05) is 6.07 Å². The summed E-state index contributed by atoms with van der Waals surface area (Å²) in [6.45, 7) is 3.87. The van der Waals surface area contributed by atoms with Crippen LogP contribution in [0.4, 0.5) is 19.0 Å². The third-order valence-corrected chi connectivity index (χ3v) is 5.14. The lowest BCUT2D eigenvalue weighted by Crippen LogP contribution is -2.49. The second-order valence-corrected chi connectivity index (χ2v) is 7.83. The number of hydrogen-bond donors (Lipinski definition) is 1. The summed E-state index contributed by atoms with van der Waals surface area (Å²) in [7, 11) is 0. The number of piperazine rings is 1. The number of H-pyrrole nitrogens is 1. The minimum absolute atomic E-state index is 0.0621. The Morgan fingerprint density at radius 2 is 1.97 bits per heavy atom. The zero-order valence-corrected chi connectivity index (χ0v) is 18.5. The summed E-state index contributed by atoms with van der Waals surface area (Å²) in [5.41, 5.74) is -2.84. The average Bonchev–Trinajstić information content (AvgIpc) is 2.76. The van der Waals surface area contributed by atoms with Gasteiger partial charge in [0, 0.05) is 32.4 Å². The van der Waals surface area contributed by atoms with Gasteiger partial charge in [-0.1, -0.05) is 11.6 Å². The number of alkyl halides is 3. The number of nitrogens with one attached hydrogen (secondary N) is 1. The van der Waals surface area contributed by atoms with Crippen LogP contribution in [0.3, 0.4) is 0 Å². The highest BCUT2D eigenvalue weighted by Gasteiger charge is 2.38. The standard InChI is InChI=1S/C20H23ClF3N5O4/c1-13(33-15-11-26-27-19(31)18(15)20(22,23)24)12-32-9-4-17(30)29-7-5-28(6-8-29)16-3-2-14(21)10-25-16/h2-3,10-11,13H,4-9,12H2,1H3,(H,27,31)/t13-/m1/s1. The van der Waals surface area contributed by atoms with Crippen LogP contribution in [0.2, 0.25) is 5.02 Å². The summed E-state index contributed by atoms with van der Waals surface area (Å²) in [5.74, 6) is 0.0463. The van der Waals surface area contributed by atoms with E-state index < -0.39 is 29.2 Å². The SMILES string of the molecule is C[C@H](COCCC(=O)N1CCN(c2ccc(Cl)cn2)CC1)Oc1cn[nH]c(=O)c1C(F)(F)F. The Hall–Kier alpha value is -2.86. The fourth-order valence-corrected chi connectivity index (χ4v) is 3.41. The second-order valence-electron chi connectivity index (χ2n) is 7.39. The van der Waals surface area contributed by atoms with Crippen molar-refractivity contribution >= 4 is 23.3 Å². The highest BCUT2D eigenvalue weighted by atomic mass is 35.5. The average molecular weight is 490 g/mol. The highest BCUT2D eigenvalue weighted by Crippen LogP contribution is 2.33. The van der Waals surface area contributed by atoms with E-state index in [0.717, 1.165) is 12.0 Å². The maximum atomic E-state index is 13.1. The maximum Gasteiger partial charge on any atom is 0.425 e. The van der Waals surface area contributed by atoms with Crippen molar-refractivity contribution in [3.8, 4) is 5.75 Å². The van der Waals surface area contributed by atoms with Crippen LogP contribution in [0.25, 0.3) is 0 Å². The Morgan fingerprint density at radius 1 is 1.24 bits per heavy atom. The summed E-state index contributed by atoms with van der Waals surface area (Å²) in [4.78, 5) is 31.9. The summed E-state index contributed by atoms with van der Waals surface area (Å²) in [5, 5.41) is 5.64. The molecule has 0 bridgehead atoms. The number of carbonyl (C=O) groups is 1. The van der Waals surface area contributed by atoms with Crippen molar-refractivity contribution in [2.75, 3.05) is 44.3 Å². The van der Waals surface area contributed by atoms with Gasteiger partial charge >= 0.3 is 6.18 Å². The molecule has 1 aliphatic rings. The molecule has 1 aliphatic heterocycles. The highest BCUT2D eigenvalue weighted by molar-refractivity contribution is 6.30. The van der Waals surface area contributed by atoms with Crippen molar-refractivity contribution in [1.82, 2.24) is 20.1 Å². The van der Waals surface area contributed by atoms with E-state index >= 15 is 0 Å². The first-order valence-electron chi connectivity index (χ1n) is 10.2. The summed E-state index contributed by atoms with van der Waals surface area (Å²) in [6.07, 6.45) is -3.17. The number of carbonyl (C=O) groups excluding carboxylic acids is 1. The van der Waals surface area contributed by atoms with Crippen molar-refractivity contribution < 1.29 is 27.4 Å². The van der Waals surface area contributed by atoms with Crippen LogP contribution >= 0.6 is 11.6 Å². The molecular formula is C20H23ClF3N5O4. The zero-order chi connectivity index (χ0) is 24.0. The van der Waals surface area contributed by atoms with Crippen LogP contribution in [-0.4, -0.2) is 71.5 Å². The second kappa shape index (κ2) is 10.8. The molecule has 1 amide bonds. The summed E-state index contributed by atoms with van der Waals surface area (Å²) < 4.78 is 49.8. The molecule has 0 spiro atoms. The molecule has 13 heteroatoms. The molecule has 1 fully saturated rings. The first-order chi connectivity index (χ1) is 15.6. The van der Waals surface area contributed by atoms with Crippen molar-refractivity contribution in [3.63, 3.8) is 0 Å². The van der Waals surface area contributed by atoms with Gasteiger partial charge in [0.1, 0.15) is 11.9 Å². The first kappa shape index (κ1) is 24.8. The van der Waals surface area contributed by atoms with Crippen molar-refractivity contribution in [3.05, 3.63) is 45.5 Å². The molecule has 0 aromatic carbocycles.